The SMILES string of the molecule is [C-]#[N+]c1cccc(CNC(=O)c2nn(-c3ccc(F)cc3)c(/C=C/[C@@H](O)C[C@@H](O)CC(=O)[O-])c2C(C)C)c1.[Na+]. The maximum atomic E-state index is 13.6. The quantitative estimate of drug-likeness (QED) is 0.229. The van der Waals surface area contributed by atoms with E-state index in [9.17, 15) is 29.3 Å². The van der Waals surface area contributed by atoms with Crippen LogP contribution in [0.1, 0.15) is 59.9 Å². The van der Waals surface area contributed by atoms with Gasteiger partial charge in [-0.05, 0) is 41.8 Å². The van der Waals surface area contributed by atoms with E-state index in [2.05, 4.69) is 15.3 Å². The molecule has 198 valence electrons. The molecule has 39 heavy (non-hydrogen) atoms. The molecule has 0 saturated heterocycles. The Balaban J connectivity index is 0.00000533. The second-order valence-electron chi connectivity index (χ2n) is 9.05. The number of carbonyl (C=O) groups excluding carboxylic acids is 2. The molecule has 0 fully saturated rings. The standard InChI is InChI=1S/C28H29FN4O5.Na/c1-17(2)26-24(12-11-22(34)14-23(35)15-25(36)37)33(21-9-7-19(29)8-10-21)32-27(26)28(38)31-16-18-5-4-6-20(13-18)30-3;/h4-13,17,22-23,34-35H,14-16H2,1-2H3,(H,31,38)(H,36,37);/q;+1/p-1/b12-11+;/t22-,23-;/m1./s1. The van der Waals surface area contributed by atoms with Gasteiger partial charge in [-0.1, -0.05) is 44.2 Å². The van der Waals surface area contributed by atoms with Crippen molar-refractivity contribution in [2.45, 2.75) is 51.4 Å². The zero-order valence-corrected chi connectivity index (χ0v) is 24.0. The number of aromatic nitrogens is 2. The summed E-state index contributed by atoms with van der Waals surface area (Å²) in [4.78, 5) is 27.4. The van der Waals surface area contributed by atoms with Crippen molar-refractivity contribution in [3.8, 4) is 5.69 Å². The van der Waals surface area contributed by atoms with Gasteiger partial charge in [0.2, 0.25) is 0 Å². The number of rotatable bonds is 11. The number of carbonyl (C=O) groups is 2. The fraction of sp³-hybridized carbons (Fsp3) is 0.286. The Morgan fingerprint density at radius 2 is 1.90 bits per heavy atom. The van der Waals surface area contributed by atoms with Crippen molar-refractivity contribution < 1.29 is 58.9 Å². The van der Waals surface area contributed by atoms with E-state index in [1.54, 1.807) is 24.3 Å². The maximum Gasteiger partial charge on any atom is 1.00 e. The summed E-state index contributed by atoms with van der Waals surface area (Å²) >= 11 is 0. The zero-order valence-electron chi connectivity index (χ0n) is 22.0. The second-order valence-corrected chi connectivity index (χ2v) is 9.05. The number of aliphatic carboxylic acids is 1. The first-order chi connectivity index (χ1) is 18.1. The fourth-order valence-corrected chi connectivity index (χ4v) is 3.96. The molecular formula is C28H28FN4NaO5. The van der Waals surface area contributed by atoms with Crippen LogP contribution in [-0.4, -0.2) is 44.1 Å². The molecule has 0 unspecified atom stereocenters. The molecule has 0 bridgehead atoms. The Morgan fingerprint density at radius 3 is 2.51 bits per heavy atom. The van der Waals surface area contributed by atoms with Crippen LogP contribution < -0.4 is 40.0 Å². The second kappa shape index (κ2) is 14.7. The Morgan fingerprint density at radius 1 is 1.21 bits per heavy atom. The summed E-state index contributed by atoms with van der Waals surface area (Å²) < 4.78 is 15.1. The average molecular weight is 543 g/mol. The number of nitrogens with one attached hydrogen (secondary N) is 1. The maximum absolute atomic E-state index is 13.6. The third-order valence-electron chi connectivity index (χ3n) is 5.71. The number of nitrogens with zero attached hydrogens (tertiary/aromatic N) is 3. The molecule has 1 heterocycles. The van der Waals surface area contributed by atoms with E-state index in [-0.39, 0.29) is 54.1 Å². The molecule has 1 amide bonds. The van der Waals surface area contributed by atoms with E-state index in [1.165, 1.54) is 41.1 Å². The zero-order chi connectivity index (χ0) is 27.8. The molecule has 3 aromatic rings. The van der Waals surface area contributed by atoms with Crippen LogP contribution in [-0.2, 0) is 11.3 Å². The molecule has 0 aliphatic carbocycles. The summed E-state index contributed by atoms with van der Waals surface area (Å²) in [5.41, 5.74) is 2.84. The van der Waals surface area contributed by atoms with Crippen LogP contribution in [0.25, 0.3) is 16.6 Å². The Bertz CT molecular complexity index is 1370. The smallest absolute Gasteiger partial charge is 0.550 e. The molecule has 3 rings (SSSR count). The van der Waals surface area contributed by atoms with Gasteiger partial charge >= 0.3 is 29.6 Å². The first kappa shape index (κ1) is 31.9. The minimum atomic E-state index is -1.43. The molecule has 3 N–H and O–H groups in total. The van der Waals surface area contributed by atoms with Crippen LogP contribution in [0.5, 0.6) is 0 Å². The van der Waals surface area contributed by atoms with Crippen molar-refractivity contribution in [3.05, 3.63) is 94.4 Å². The van der Waals surface area contributed by atoms with E-state index in [0.29, 0.717) is 22.6 Å². The largest absolute Gasteiger partial charge is 1.00 e. The molecule has 2 aromatic carbocycles. The van der Waals surface area contributed by atoms with Crippen LogP contribution in [0.3, 0.4) is 0 Å². The number of aliphatic hydroxyl groups excluding tert-OH is 2. The molecule has 0 saturated carbocycles. The number of carboxylic acid groups (broad SMARTS) is 1. The Labute approximate surface area is 248 Å². The first-order valence-electron chi connectivity index (χ1n) is 12.0. The molecule has 0 aliphatic heterocycles. The van der Waals surface area contributed by atoms with E-state index in [1.807, 2.05) is 13.8 Å². The number of carboxylic acids is 1. The van der Waals surface area contributed by atoms with Crippen molar-refractivity contribution in [1.29, 1.82) is 0 Å². The number of hydrogen-bond donors (Lipinski definition) is 3. The number of aliphatic hydroxyl groups is 2. The summed E-state index contributed by atoms with van der Waals surface area (Å²) in [7, 11) is 0. The van der Waals surface area contributed by atoms with Crippen molar-refractivity contribution in [2.24, 2.45) is 0 Å². The Hall–Kier alpha value is -3.33. The van der Waals surface area contributed by atoms with Gasteiger partial charge in [-0.15, -0.1) is 0 Å². The molecule has 1 aromatic heterocycles. The third-order valence-corrected chi connectivity index (χ3v) is 5.71. The van der Waals surface area contributed by atoms with E-state index in [4.69, 9.17) is 6.57 Å². The van der Waals surface area contributed by atoms with Gasteiger partial charge in [0, 0.05) is 30.9 Å². The van der Waals surface area contributed by atoms with Crippen LogP contribution in [0, 0.1) is 12.4 Å². The molecule has 0 radical (unpaired) electrons. The Kier molecular flexibility index (Phi) is 12.0. The fourth-order valence-electron chi connectivity index (χ4n) is 3.96. The van der Waals surface area contributed by atoms with Gasteiger partial charge in [-0.25, -0.2) is 13.9 Å². The van der Waals surface area contributed by atoms with Crippen LogP contribution in [0.4, 0.5) is 10.1 Å². The van der Waals surface area contributed by atoms with E-state index >= 15 is 0 Å². The van der Waals surface area contributed by atoms with Gasteiger partial charge in [0.15, 0.2) is 11.4 Å². The molecular weight excluding hydrogens is 514 g/mol. The van der Waals surface area contributed by atoms with Crippen LogP contribution in [0.2, 0.25) is 0 Å². The predicted octanol–water partition coefficient (Wildman–Crippen LogP) is -0.115. The number of amides is 1. The van der Waals surface area contributed by atoms with Crippen molar-refractivity contribution in [3.63, 3.8) is 0 Å². The molecule has 9 nitrogen and oxygen atoms in total. The third kappa shape index (κ3) is 8.85. The normalized spacial score (nSPS) is 12.5. The minimum Gasteiger partial charge on any atom is -0.550 e. The van der Waals surface area contributed by atoms with Crippen LogP contribution >= 0.6 is 0 Å². The summed E-state index contributed by atoms with van der Waals surface area (Å²) in [5, 5.41) is 38.2. The van der Waals surface area contributed by atoms with Gasteiger partial charge < -0.3 is 25.4 Å². The van der Waals surface area contributed by atoms with Gasteiger partial charge in [-0.3, -0.25) is 4.79 Å². The monoisotopic (exact) mass is 542 g/mol. The van der Waals surface area contributed by atoms with Crippen LogP contribution in [0.15, 0.2) is 54.6 Å². The summed E-state index contributed by atoms with van der Waals surface area (Å²) in [5.74, 6) is -2.51. The average Bonchev–Trinajstić information content (AvgIpc) is 3.26. The minimum absolute atomic E-state index is 0. The first-order valence-corrected chi connectivity index (χ1v) is 12.0. The summed E-state index contributed by atoms with van der Waals surface area (Å²) in [6.07, 6.45) is -0.416. The summed E-state index contributed by atoms with van der Waals surface area (Å²) in [6.45, 7) is 11.1. The van der Waals surface area contributed by atoms with Crippen molar-refractivity contribution in [1.82, 2.24) is 15.1 Å². The summed E-state index contributed by atoms with van der Waals surface area (Å²) in [6, 6.07) is 12.4. The van der Waals surface area contributed by atoms with Gasteiger partial charge in [0.1, 0.15) is 5.82 Å². The number of benzene rings is 2. The molecule has 2 atom stereocenters. The van der Waals surface area contributed by atoms with Crippen molar-refractivity contribution in [2.75, 3.05) is 0 Å². The van der Waals surface area contributed by atoms with E-state index < -0.39 is 36.3 Å². The van der Waals surface area contributed by atoms with Gasteiger partial charge in [-0.2, -0.15) is 5.10 Å². The predicted molar refractivity (Wildman–Crippen MR) is 137 cm³/mol. The van der Waals surface area contributed by atoms with E-state index in [0.717, 1.165) is 5.56 Å². The topological polar surface area (TPSA) is 132 Å². The van der Waals surface area contributed by atoms with Gasteiger partial charge in [0.05, 0.1) is 30.2 Å². The number of halogens is 1. The molecule has 11 heteroatoms. The number of hydrogen-bond acceptors (Lipinski definition) is 6. The van der Waals surface area contributed by atoms with Crippen molar-refractivity contribution >= 4 is 23.6 Å². The molecule has 0 aliphatic rings. The van der Waals surface area contributed by atoms with Gasteiger partial charge in [0.25, 0.3) is 5.91 Å². The molecule has 0 spiro atoms.